The summed E-state index contributed by atoms with van der Waals surface area (Å²) in [5.74, 6) is 0.0122. The lowest BCUT2D eigenvalue weighted by molar-refractivity contribution is -0.119. The summed E-state index contributed by atoms with van der Waals surface area (Å²) < 4.78 is 0. The van der Waals surface area contributed by atoms with E-state index in [0.29, 0.717) is 25.9 Å². The van der Waals surface area contributed by atoms with E-state index in [0.717, 1.165) is 0 Å². The number of nitrogens with zero attached hydrogens (tertiary/aromatic N) is 1. The maximum atomic E-state index is 11.2. The lowest BCUT2D eigenvalue weighted by atomic mass is 9.93. The van der Waals surface area contributed by atoms with Crippen LogP contribution < -0.4 is 0 Å². The molecular formula is C9H13NO3. The maximum Gasteiger partial charge on any atom is 0.407 e. The summed E-state index contributed by atoms with van der Waals surface area (Å²) in [5.41, 5.74) is 0. The Labute approximate surface area is 76.8 Å². The second kappa shape index (κ2) is 4.07. The first-order valence-electron chi connectivity index (χ1n) is 4.29. The van der Waals surface area contributed by atoms with Crippen LogP contribution in [0.2, 0.25) is 0 Å². The SMILES string of the molecule is C=CC(=O)C1CCN(C(=O)O)CC1. The zero-order valence-electron chi connectivity index (χ0n) is 7.40. The van der Waals surface area contributed by atoms with Gasteiger partial charge in [-0.2, -0.15) is 0 Å². The van der Waals surface area contributed by atoms with Gasteiger partial charge in [0.25, 0.3) is 0 Å². The van der Waals surface area contributed by atoms with Gasteiger partial charge in [0, 0.05) is 19.0 Å². The minimum Gasteiger partial charge on any atom is -0.465 e. The standard InChI is InChI=1S/C9H13NO3/c1-2-8(11)7-3-5-10(6-4-7)9(12)13/h2,7H,1,3-6H2,(H,12,13). The zero-order valence-corrected chi connectivity index (χ0v) is 7.40. The topological polar surface area (TPSA) is 57.6 Å². The Hall–Kier alpha value is -1.32. The van der Waals surface area contributed by atoms with Gasteiger partial charge in [-0.15, -0.1) is 0 Å². The van der Waals surface area contributed by atoms with Crippen molar-refractivity contribution in [1.82, 2.24) is 4.90 Å². The summed E-state index contributed by atoms with van der Waals surface area (Å²) in [5, 5.41) is 8.64. The van der Waals surface area contributed by atoms with Crippen molar-refractivity contribution in [3.05, 3.63) is 12.7 Å². The van der Waals surface area contributed by atoms with E-state index in [4.69, 9.17) is 5.11 Å². The molecule has 1 saturated heterocycles. The highest BCUT2D eigenvalue weighted by Gasteiger charge is 2.25. The molecule has 1 aliphatic heterocycles. The van der Waals surface area contributed by atoms with Crippen LogP contribution in [0.1, 0.15) is 12.8 Å². The zero-order chi connectivity index (χ0) is 9.84. The van der Waals surface area contributed by atoms with Crippen LogP contribution in [-0.4, -0.2) is 35.0 Å². The predicted molar refractivity (Wildman–Crippen MR) is 47.5 cm³/mol. The molecule has 0 aliphatic carbocycles. The number of hydrogen-bond acceptors (Lipinski definition) is 2. The number of carboxylic acid groups (broad SMARTS) is 1. The summed E-state index contributed by atoms with van der Waals surface area (Å²) >= 11 is 0. The van der Waals surface area contributed by atoms with Gasteiger partial charge in [-0.3, -0.25) is 4.79 Å². The number of carbonyl (C=O) groups excluding carboxylic acids is 1. The Balaban J connectivity index is 2.43. The van der Waals surface area contributed by atoms with E-state index < -0.39 is 6.09 Å². The molecule has 0 saturated carbocycles. The molecule has 0 radical (unpaired) electrons. The molecule has 1 heterocycles. The second-order valence-electron chi connectivity index (χ2n) is 3.15. The number of hydrogen-bond donors (Lipinski definition) is 1. The molecule has 72 valence electrons. The third kappa shape index (κ3) is 2.31. The molecule has 0 bridgehead atoms. The number of allylic oxidation sites excluding steroid dienone is 1. The largest absolute Gasteiger partial charge is 0.465 e. The van der Waals surface area contributed by atoms with Crippen LogP contribution in [0.3, 0.4) is 0 Å². The number of amides is 1. The average Bonchev–Trinajstić information content (AvgIpc) is 2.17. The van der Waals surface area contributed by atoms with Crippen molar-refractivity contribution in [1.29, 1.82) is 0 Å². The van der Waals surface area contributed by atoms with Gasteiger partial charge in [0.05, 0.1) is 0 Å². The number of likely N-dealkylation sites (tertiary alicyclic amines) is 1. The van der Waals surface area contributed by atoms with Crippen molar-refractivity contribution in [2.45, 2.75) is 12.8 Å². The minimum atomic E-state index is -0.899. The molecule has 4 heteroatoms. The molecule has 1 rings (SSSR count). The van der Waals surface area contributed by atoms with Crippen LogP contribution in [0.4, 0.5) is 4.79 Å². The average molecular weight is 183 g/mol. The molecule has 13 heavy (non-hydrogen) atoms. The van der Waals surface area contributed by atoms with E-state index in [2.05, 4.69) is 6.58 Å². The van der Waals surface area contributed by atoms with Crippen LogP contribution in [-0.2, 0) is 4.79 Å². The van der Waals surface area contributed by atoms with Crippen LogP contribution in [0.25, 0.3) is 0 Å². The van der Waals surface area contributed by atoms with Gasteiger partial charge in [0.15, 0.2) is 5.78 Å². The second-order valence-corrected chi connectivity index (χ2v) is 3.15. The number of carbonyl (C=O) groups is 2. The van der Waals surface area contributed by atoms with Crippen molar-refractivity contribution in [2.24, 2.45) is 5.92 Å². The summed E-state index contributed by atoms with van der Waals surface area (Å²) in [7, 11) is 0. The molecule has 1 amide bonds. The van der Waals surface area contributed by atoms with Gasteiger partial charge in [-0.1, -0.05) is 6.58 Å². The third-order valence-electron chi connectivity index (χ3n) is 2.37. The normalized spacial score (nSPS) is 18.3. The molecule has 0 spiro atoms. The molecule has 4 nitrogen and oxygen atoms in total. The van der Waals surface area contributed by atoms with Gasteiger partial charge in [0.1, 0.15) is 0 Å². The van der Waals surface area contributed by atoms with Crippen molar-refractivity contribution in [3.8, 4) is 0 Å². The molecule has 1 aliphatic rings. The number of ketones is 1. The van der Waals surface area contributed by atoms with Crippen LogP contribution in [0.5, 0.6) is 0 Å². The Bertz CT molecular complexity index is 229. The first kappa shape index (κ1) is 9.77. The molecule has 0 unspecified atom stereocenters. The molecule has 0 atom stereocenters. The smallest absolute Gasteiger partial charge is 0.407 e. The van der Waals surface area contributed by atoms with Crippen LogP contribution >= 0.6 is 0 Å². The molecule has 0 aromatic rings. The summed E-state index contributed by atoms with van der Waals surface area (Å²) in [4.78, 5) is 23.0. The van der Waals surface area contributed by atoms with Crippen molar-refractivity contribution in [3.63, 3.8) is 0 Å². The number of piperidine rings is 1. The van der Waals surface area contributed by atoms with Crippen molar-refractivity contribution < 1.29 is 14.7 Å². The highest BCUT2D eigenvalue weighted by molar-refractivity contribution is 5.91. The van der Waals surface area contributed by atoms with Crippen molar-refractivity contribution >= 4 is 11.9 Å². The van der Waals surface area contributed by atoms with Crippen LogP contribution in [0.15, 0.2) is 12.7 Å². The molecule has 1 N–H and O–H groups in total. The highest BCUT2D eigenvalue weighted by atomic mass is 16.4. The third-order valence-corrected chi connectivity index (χ3v) is 2.37. The van der Waals surface area contributed by atoms with E-state index in [1.54, 1.807) is 0 Å². The fourth-order valence-electron chi connectivity index (χ4n) is 1.52. The summed E-state index contributed by atoms with van der Waals surface area (Å²) in [6.45, 7) is 4.33. The van der Waals surface area contributed by atoms with E-state index in [1.807, 2.05) is 0 Å². The fraction of sp³-hybridized carbons (Fsp3) is 0.556. The van der Waals surface area contributed by atoms with Gasteiger partial charge >= 0.3 is 6.09 Å². The van der Waals surface area contributed by atoms with Crippen molar-refractivity contribution in [2.75, 3.05) is 13.1 Å². The molecule has 1 fully saturated rings. The summed E-state index contributed by atoms with van der Waals surface area (Å²) in [6, 6.07) is 0. The van der Waals surface area contributed by atoms with Crippen LogP contribution in [0, 0.1) is 5.92 Å². The predicted octanol–water partition coefficient (Wildman–Crippen LogP) is 1.13. The number of rotatable bonds is 2. The first-order valence-corrected chi connectivity index (χ1v) is 4.29. The van der Waals surface area contributed by atoms with Gasteiger partial charge in [0.2, 0.25) is 0 Å². The monoisotopic (exact) mass is 183 g/mol. The van der Waals surface area contributed by atoms with E-state index in [1.165, 1.54) is 11.0 Å². The lowest BCUT2D eigenvalue weighted by Crippen LogP contribution is -2.39. The van der Waals surface area contributed by atoms with Gasteiger partial charge in [-0.25, -0.2) is 4.79 Å². The Morgan fingerprint density at radius 2 is 1.92 bits per heavy atom. The quantitative estimate of drug-likeness (QED) is 0.653. The minimum absolute atomic E-state index is 0.0203. The molecule has 0 aromatic carbocycles. The van der Waals surface area contributed by atoms with E-state index in [-0.39, 0.29) is 11.7 Å². The summed E-state index contributed by atoms with van der Waals surface area (Å²) in [6.07, 6.45) is 1.67. The van der Waals surface area contributed by atoms with E-state index >= 15 is 0 Å². The Morgan fingerprint density at radius 3 is 2.31 bits per heavy atom. The lowest BCUT2D eigenvalue weighted by Gasteiger charge is -2.28. The fourth-order valence-corrected chi connectivity index (χ4v) is 1.52. The Morgan fingerprint density at radius 1 is 1.38 bits per heavy atom. The van der Waals surface area contributed by atoms with Gasteiger partial charge in [-0.05, 0) is 18.9 Å². The molecule has 0 aromatic heterocycles. The molecular weight excluding hydrogens is 170 g/mol. The Kier molecular flexibility index (Phi) is 3.06. The van der Waals surface area contributed by atoms with E-state index in [9.17, 15) is 9.59 Å². The first-order chi connectivity index (χ1) is 6.15. The van der Waals surface area contributed by atoms with Gasteiger partial charge < -0.3 is 10.0 Å². The maximum absolute atomic E-state index is 11.2. The highest BCUT2D eigenvalue weighted by Crippen LogP contribution is 2.18.